The minimum absolute atomic E-state index is 0.667. The first-order chi connectivity index (χ1) is 6.54. The van der Waals surface area contributed by atoms with Gasteiger partial charge in [-0.1, -0.05) is 0 Å². The standard InChI is InChI=1S/C4H14OSi2.C3H10Cl2OSi2/c1-6(2)5-7(3)4;1-7(2)6-8(3,4)5/h6-7H,1-4H3;7H,1-3H3. The Morgan fingerprint density at radius 3 is 1.13 bits per heavy atom. The summed E-state index contributed by atoms with van der Waals surface area (Å²) in [5, 5.41) is 0. The second kappa shape index (κ2) is 9.40. The Hall–Kier alpha value is 1.37. The summed E-state index contributed by atoms with van der Waals surface area (Å²) in [5.74, 6) is 0. The summed E-state index contributed by atoms with van der Waals surface area (Å²) in [5.41, 5.74) is 0. The van der Waals surface area contributed by atoms with Crippen LogP contribution in [0.5, 0.6) is 0 Å². The topological polar surface area (TPSA) is 18.5 Å². The monoisotopic (exact) mass is 322 g/mol. The van der Waals surface area contributed by atoms with Gasteiger partial charge in [-0.3, -0.25) is 0 Å². The van der Waals surface area contributed by atoms with Gasteiger partial charge in [0.05, 0.1) is 0 Å². The lowest BCUT2D eigenvalue weighted by atomic mass is 11.9. The molecule has 94 valence electrons. The summed E-state index contributed by atoms with van der Waals surface area (Å²) >= 11 is 11.3. The normalized spacial score (nSPS) is 12.0. The van der Waals surface area contributed by atoms with Gasteiger partial charge in [0.15, 0.2) is 27.1 Å². The molecule has 0 saturated carbocycles. The quantitative estimate of drug-likeness (QED) is 0.585. The summed E-state index contributed by atoms with van der Waals surface area (Å²) in [7, 11) is -2.33. The molecule has 0 atom stereocenters. The SMILES string of the molecule is C[SiH](C)O[SiH](C)C.C[SiH](C)O[Si](C)(Cl)Cl. The minimum Gasteiger partial charge on any atom is -0.461 e. The van der Waals surface area contributed by atoms with E-state index in [2.05, 4.69) is 39.3 Å². The van der Waals surface area contributed by atoms with Crippen LogP contribution in [0.15, 0.2) is 0 Å². The molecule has 0 amide bonds. The molecule has 0 aliphatic carbocycles. The molecule has 0 saturated heterocycles. The van der Waals surface area contributed by atoms with Crippen molar-refractivity contribution in [1.82, 2.24) is 0 Å². The van der Waals surface area contributed by atoms with E-state index in [0.29, 0.717) is 0 Å². The minimum atomic E-state index is -2.21. The molecule has 0 heterocycles. The molecule has 0 N–H and O–H groups in total. The number of hydrogen-bond donors (Lipinski definition) is 0. The van der Waals surface area contributed by atoms with E-state index in [4.69, 9.17) is 30.4 Å². The Kier molecular flexibility index (Phi) is 11.7. The maximum absolute atomic E-state index is 5.64. The predicted molar refractivity (Wildman–Crippen MR) is 82.1 cm³/mol. The van der Waals surface area contributed by atoms with Gasteiger partial charge in [-0.05, 0) is 45.8 Å². The lowest BCUT2D eigenvalue weighted by molar-refractivity contribution is 0.608. The molecule has 0 aromatic carbocycles. The molecule has 0 spiro atoms. The highest BCUT2D eigenvalue weighted by molar-refractivity contribution is 7.42. The van der Waals surface area contributed by atoms with Crippen molar-refractivity contribution in [3.05, 3.63) is 0 Å². The number of hydrogen-bond acceptors (Lipinski definition) is 2. The Morgan fingerprint density at radius 2 is 1.13 bits per heavy atom. The third kappa shape index (κ3) is 25.5. The van der Waals surface area contributed by atoms with Gasteiger partial charge in [-0.25, -0.2) is 0 Å². The van der Waals surface area contributed by atoms with Gasteiger partial charge in [-0.15, -0.1) is 22.2 Å². The fourth-order valence-electron chi connectivity index (χ4n) is 0.958. The van der Waals surface area contributed by atoms with Gasteiger partial charge < -0.3 is 8.23 Å². The van der Waals surface area contributed by atoms with Gasteiger partial charge in [0.1, 0.15) is 0 Å². The highest BCUT2D eigenvalue weighted by atomic mass is 35.7. The van der Waals surface area contributed by atoms with E-state index >= 15 is 0 Å². The van der Waals surface area contributed by atoms with Crippen LogP contribution in [0.1, 0.15) is 0 Å². The molecule has 0 unspecified atom stereocenters. The van der Waals surface area contributed by atoms with Crippen molar-refractivity contribution in [2.75, 3.05) is 0 Å². The molecule has 0 radical (unpaired) electrons. The third-order valence-corrected chi connectivity index (χ3v) is 10.5. The van der Waals surface area contributed by atoms with E-state index < -0.39 is 34.1 Å². The molecule has 0 aliphatic rings. The molecule has 0 aliphatic heterocycles. The van der Waals surface area contributed by atoms with Gasteiger partial charge >= 0.3 is 6.94 Å². The van der Waals surface area contributed by atoms with Crippen LogP contribution < -0.4 is 0 Å². The Labute approximate surface area is 110 Å². The lowest BCUT2D eigenvalue weighted by Crippen LogP contribution is -2.26. The Bertz CT molecular complexity index is 144. The molecule has 0 rings (SSSR count). The average Bonchev–Trinajstić information content (AvgIpc) is 1.76. The summed E-state index contributed by atoms with van der Waals surface area (Å²) in [6.07, 6.45) is 0. The highest BCUT2D eigenvalue weighted by Crippen LogP contribution is 2.15. The summed E-state index contributed by atoms with van der Waals surface area (Å²) in [6.45, 7) is 12.5. The van der Waals surface area contributed by atoms with Crippen LogP contribution in [0, 0.1) is 0 Å². The molecule has 8 heteroatoms. The molecular weight excluding hydrogens is 299 g/mol. The van der Waals surface area contributed by atoms with E-state index in [9.17, 15) is 0 Å². The fourth-order valence-corrected chi connectivity index (χ4v) is 11.8. The van der Waals surface area contributed by atoms with Crippen LogP contribution in [0.2, 0.25) is 45.8 Å². The van der Waals surface area contributed by atoms with Crippen LogP contribution >= 0.6 is 22.2 Å². The van der Waals surface area contributed by atoms with Gasteiger partial charge in [-0.2, -0.15) is 0 Å². The van der Waals surface area contributed by atoms with Crippen molar-refractivity contribution < 1.29 is 8.23 Å². The summed E-state index contributed by atoms with van der Waals surface area (Å²) < 4.78 is 10.8. The number of rotatable bonds is 4. The first-order valence-corrected chi connectivity index (χ1v) is 18.0. The summed E-state index contributed by atoms with van der Waals surface area (Å²) in [6, 6.07) is 0. The molecule has 0 aromatic heterocycles. The fraction of sp³-hybridized carbons (Fsp3) is 1.00. The zero-order valence-corrected chi connectivity index (χ0v) is 16.8. The molecule has 0 fully saturated rings. The second-order valence-corrected chi connectivity index (χ2v) is 19.1. The van der Waals surface area contributed by atoms with Gasteiger partial charge in [0.2, 0.25) is 0 Å². The molecular formula is C7H24Cl2O2Si4. The summed E-state index contributed by atoms with van der Waals surface area (Å²) in [4.78, 5) is 0. The van der Waals surface area contributed by atoms with E-state index in [1.807, 2.05) is 0 Å². The first kappa shape index (κ1) is 18.7. The second-order valence-electron chi connectivity index (χ2n) is 4.21. The van der Waals surface area contributed by atoms with Crippen molar-refractivity contribution in [2.24, 2.45) is 0 Å². The molecule has 0 bridgehead atoms. The van der Waals surface area contributed by atoms with Crippen LogP contribution in [-0.2, 0) is 8.23 Å². The van der Waals surface area contributed by atoms with Crippen LogP contribution in [-0.4, -0.2) is 34.1 Å². The Morgan fingerprint density at radius 1 is 0.800 bits per heavy atom. The maximum atomic E-state index is 5.64. The lowest BCUT2D eigenvalue weighted by Gasteiger charge is -2.13. The van der Waals surface area contributed by atoms with Crippen molar-refractivity contribution in [3.63, 3.8) is 0 Å². The van der Waals surface area contributed by atoms with Crippen LogP contribution in [0.3, 0.4) is 0 Å². The first-order valence-electron chi connectivity index (χ1n) is 5.25. The maximum Gasteiger partial charge on any atom is 0.375 e. The van der Waals surface area contributed by atoms with E-state index in [1.54, 1.807) is 6.55 Å². The van der Waals surface area contributed by atoms with E-state index in [-0.39, 0.29) is 0 Å². The molecule has 0 aromatic rings. The molecule has 2 nitrogen and oxygen atoms in total. The zero-order valence-electron chi connectivity index (χ0n) is 10.8. The largest absolute Gasteiger partial charge is 0.461 e. The van der Waals surface area contributed by atoms with Crippen molar-refractivity contribution in [3.8, 4) is 0 Å². The zero-order chi connectivity index (χ0) is 12.6. The smallest absolute Gasteiger partial charge is 0.375 e. The van der Waals surface area contributed by atoms with Crippen molar-refractivity contribution in [2.45, 2.75) is 45.8 Å². The molecule has 15 heavy (non-hydrogen) atoms. The third-order valence-electron chi connectivity index (χ3n) is 0.987. The number of halogens is 2. The van der Waals surface area contributed by atoms with Crippen LogP contribution in [0.4, 0.5) is 0 Å². The highest BCUT2D eigenvalue weighted by Gasteiger charge is 2.23. The van der Waals surface area contributed by atoms with E-state index in [0.717, 1.165) is 0 Å². The van der Waals surface area contributed by atoms with Gasteiger partial charge in [0, 0.05) is 0 Å². The van der Waals surface area contributed by atoms with E-state index in [1.165, 1.54) is 0 Å². The average molecular weight is 324 g/mol. The van der Waals surface area contributed by atoms with Crippen molar-refractivity contribution in [1.29, 1.82) is 0 Å². The van der Waals surface area contributed by atoms with Gasteiger partial charge in [0.25, 0.3) is 0 Å². The Balaban J connectivity index is 0. The van der Waals surface area contributed by atoms with Crippen LogP contribution in [0.25, 0.3) is 0 Å². The van der Waals surface area contributed by atoms with Crippen molar-refractivity contribution >= 4 is 56.2 Å². The predicted octanol–water partition coefficient (Wildman–Crippen LogP) is 3.00.